The van der Waals surface area contributed by atoms with E-state index in [1.807, 2.05) is 0 Å². The lowest BCUT2D eigenvalue weighted by Crippen LogP contribution is -2.36. The topological polar surface area (TPSA) is 18.5 Å². The molecule has 2 aromatic rings. The van der Waals surface area contributed by atoms with Gasteiger partial charge in [0.15, 0.2) is 0 Å². The lowest BCUT2D eigenvalue weighted by molar-refractivity contribution is 0.0623. The van der Waals surface area contributed by atoms with Crippen LogP contribution in [0, 0.1) is 5.92 Å². The van der Waals surface area contributed by atoms with Crippen molar-refractivity contribution in [1.82, 2.24) is 0 Å². The third-order valence-corrected chi connectivity index (χ3v) is 4.81. The van der Waals surface area contributed by atoms with E-state index in [0.717, 1.165) is 12.8 Å². The molecule has 0 bridgehead atoms. The molecule has 0 aliphatic heterocycles. The first kappa shape index (κ1) is 15.5. The molecule has 2 nitrogen and oxygen atoms in total. The highest BCUT2D eigenvalue weighted by Gasteiger charge is 2.40. The normalized spacial score (nSPS) is 15.9. The molecule has 0 saturated heterocycles. The summed E-state index contributed by atoms with van der Waals surface area (Å²) in [7, 11) is 3.57. The zero-order valence-corrected chi connectivity index (χ0v) is 14.1. The van der Waals surface area contributed by atoms with Gasteiger partial charge in [0, 0.05) is 19.6 Å². The number of ether oxygens (including phenoxy) is 2. The number of methoxy groups -OCH3 is 2. The van der Waals surface area contributed by atoms with E-state index in [0.29, 0.717) is 19.1 Å². The number of hydrogen-bond donors (Lipinski definition) is 0. The molecule has 0 radical (unpaired) electrons. The smallest absolute Gasteiger partial charge is 0.0584 e. The largest absolute Gasteiger partial charge is 0.384 e. The summed E-state index contributed by atoms with van der Waals surface area (Å²) in [5.74, 6) is 0.667. The standard InChI is InChI=1S/C20H26O2/c1-14(2)10-16-9-8-15-6-5-7-18-19(15)17(16)11-20(18,12-21-3)13-22-4/h5-9,14H,10-13H2,1-4H3. The van der Waals surface area contributed by atoms with Gasteiger partial charge in [-0.05, 0) is 46.2 Å². The van der Waals surface area contributed by atoms with Crippen LogP contribution < -0.4 is 0 Å². The zero-order chi connectivity index (χ0) is 15.7. The monoisotopic (exact) mass is 298 g/mol. The van der Waals surface area contributed by atoms with Gasteiger partial charge in [-0.1, -0.05) is 44.2 Å². The second kappa shape index (κ2) is 6.02. The van der Waals surface area contributed by atoms with Gasteiger partial charge >= 0.3 is 0 Å². The van der Waals surface area contributed by atoms with Gasteiger partial charge in [-0.2, -0.15) is 0 Å². The Hall–Kier alpha value is -1.38. The van der Waals surface area contributed by atoms with Crippen molar-refractivity contribution in [3.05, 3.63) is 47.0 Å². The number of benzene rings is 2. The van der Waals surface area contributed by atoms with E-state index >= 15 is 0 Å². The van der Waals surface area contributed by atoms with Crippen LogP contribution in [0.5, 0.6) is 0 Å². The van der Waals surface area contributed by atoms with Crippen LogP contribution in [-0.4, -0.2) is 27.4 Å². The lowest BCUT2D eigenvalue weighted by atomic mass is 9.82. The van der Waals surface area contributed by atoms with Gasteiger partial charge in [-0.25, -0.2) is 0 Å². The summed E-state index contributed by atoms with van der Waals surface area (Å²) < 4.78 is 11.2. The number of hydrogen-bond acceptors (Lipinski definition) is 2. The van der Waals surface area contributed by atoms with Crippen LogP contribution in [0.25, 0.3) is 10.8 Å². The fraction of sp³-hybridized carbons (Fsp3) is 0.500. The summed E-state index contributed by atoms with van der Waals surface area (Å²) in [6.07, 6.45) is 2.16. The Kier molecular flexibility index (Phi) is 4.24. The van der Waals surface area contributed by atoms with E-state index in [9.17, 15) is 0 Å². The van der Waals surface area contributed by atoms with Gasteiger partial charge in [0.05, 0.1) is 13.2 Å². The zero-order valence-electron chi connectivity index (χ0n) is 14.1. The predicted molar refractivity (Wildman–Crippen MR) is 91.6 cm³/mol. The third kappa shape index (κ3) is 2.45. The van der Waals surface area contributed by atoms with Crippen molar-refractivity contribution in [3.63, 3.8) is 0 Å². The minimum Gasteiger partial charge on any atom is -0.384 e. The first-order chi connectivity index (χ1) is 10.6. The van der Waals surface area contributed by atoms with E-state index < -0.39 is 0 Å². The molecule has 118 valence electrons. The fourth-order valence-corrected chi connectivity index (χ4v) is 4.06. The molecule has 3 rings (SSSR count). The van der Waals surface area contributed by atoms with Crippen LogP contribution in [0.3, 0.4) is 0 Å². The van der Waals surface area contributed by atoms with Crippen LogP contribution in [-0.2, 0) is 27.7 Å². The molecule has 0 amide bonds. The predicted octanol–water partition coefficient (Wildman–Crippen LogP) is 4.13. The van der Waals surface area contributed by atoms with Gasteiger partial charge in [0.25, 0.3) is 0 Å². The Labute approximate surface area is 133 Å². The maximum atomic E-state index is 5.58. The summed E-state index contributed by atoms with van der Waals surface area (Å²) in [5, 5.41) is 2.78. The Balaban J connectivity index is 2.19. The van der Waals surface area contributed by atoms with Crippen molar-refractivity contribution in [3.8, 4) is 0 Å². The maximum Gasteiger partial charge on any atom is 0.0584 e. The molecule has 0 aromatic heterocycles. The average molecular weight is 298 g/mol. The highest BCUT2D eigenvalue weighted by Crippen LogP contribution is 2.44. The quantitative estimate of drug-likeness (QED) is 0.798. The Morgan fingerprint density at radius 3 is 2.41 bits per heavy atom. The second-order valence-corrected chi connectivity index (χ2v) is 7.03. The highest BCUT2D eigenvalue weighted by atomic mass is 16.5. The molecular weight excluding hydrogens is 272 g/mol. The molecule has 0 N–H and O–H groups in total. The molecule has 2 aromatic carbocycles. The second-order valence-electron chi connectivity index (χ2n) is 7.03. The SMILES string of the molecule is COCC1(COC)Cc2c(CC(C)C)ccc3cccc1c23. The summed E-state index contributed by atoms with van der Waals surface area (Å²) in [4.78, 5) is 0. The van der Waals surface area contributed by atoms with Crippen molar-refractivity contribution in [1.29, 1.82) is 0 Å². The van der Waals surface area contributed by atoms with Gasteiger partial charge in [0.2, 0.25) is 0 Å². The molecule has 1 aliphatic carbocycles. The van der Waals surface area contributed by atoms with Crippen molar-refractivity contribution < 1.29 is 9.47 Å². The minimum atomic E-state index is -0.0432. The summed E-state index contributed by atoms with van der Waals surface area (Å²) in [6.45, 7) is 5.98. The molecular formula is C20H26O2. The van der Waals surface area contributed by atoms with Crippen LogP contribution in [0.4, 0.5) is 0 Å². The van der Waals surface area contributed by atoms with Crippen molar-refractivity contribution >= 4 is 10.8 Å². The molecule has 0 fully saturated rings. The van der Waals surface area contributed by atoms with Gasteiger partial charge in [0.1, 0.15) is 0 Å². The minimum absolute atomic E-state index is 0.0432. The van der Waals surface area contributed by atoms with E-state index in [1.54, 1.807) is 14.2 Å². The summed E-state index contributed by atoms with van der Waals surface area (Å²) in [5.41, 5.74) is 4.35. The fourth-order valence-electron chi connectivity index (χ4n) is 4.06. The molecule has 0 saturated carbocycles. The van der Waals surface area contributed by atoms with Crippen molar-refractivity contribution in [2.45, 2.75) is 32.1 Å². The third-order valence-electron chi connectivity index (χ3n) is 4.81. The van der Waals surface area contributed by atoms with Crippen LogP contribution in [0.2, 0.25) is 0 Å². The van der Waals surface area contributed by atoms with E-state index in [-0.39, 0.29) is 5.41 Å². The van der Waals surface area contributed by atoms with E-state index in [1.165, 1.54) is 27.5 Å². The maximum absolute atomic E-state index is 5.58. The van der Waals surface area contributed by atoms with E-state index in [4.69, 9.17) is 9.47 Å². The van der Waals surface area contributed by atoms with Gasteiger partial charge < -0.3 is 9.47 Å². The summed E-state index contributed by atoms with van der Waals surface area (Å²) >= 11 is 0. The molecule has 0 spiro atoms. The van der Waals surface area contributed by atoms with Gasteiger partial charge in [-0.15, -0.1) is 0 Å². The Morgan fingerprint density at radius 2 is 1.77 bits per heavy atom. The van der Waals surface area contributed by atoms with Gasteiger partial charge in [-0.3, -0.25) is 0 Å². The molecule has 0 atom stereocenters. The van der Waals surface area contributed by atoms with Crippen molar-refractivity contribution in [2.24, 2.45) is 5.92 Å². The van der Waals surface area contributed by atoms with Crippen LogP contribution in [0.1, 0.15) is 30.5 Å². The first-order valence-corrected chi connectivity index (χ1v) is 8.13. The molecule has 0 unspecified atom stereocenters. The first-order valence-electron chi connectivity index (χ1n) is 8.13. The number of rotatable bonds is 6. The van der Waals surface area contributed by atoms with Crippen molar-refractivity contribution in [2.75, 3.05) is 27.4 Å². The molecule has 1 aliphatic rings. The molecule has 2 heteroatoms. The van der Waals surface area contributed by atoms with Crippen LogP contribution in [0.15, 0.2) is 30.3 Å². The Bertz CT molecular complexity index is 667. The molecule has 22 heavy (non-hydrogen) atoms. The average Bonchev–Trinajstić information content (AvgIpc) is 2.80. The molecule has 0 heterocycles. The Morgan fingerprint density at radius 1 is 1.05 bits per heavy atom. The highest BCUT2D eigenvalue weighted by molar-refractivity contribution is 5.93. The lowest BCUT2D eigenvalue weighted by Gasteiger charge is -2.29. The van der Waals surface area contributed by atoms with Crippen LogP contribution >= 0.6 is 0 Å². The van der Waals surface area contributed by atoms with E-state index in [2.05, 4.69) is 44.2 Å². The summed E-state index contributed by atoms with van der Waals surface area (Å²) in [6, 6.07) is 11.2.